The minimum Gasteiger partial charge on any atom is -0.321 e. The molecule has 278 valence electrons. The number of nitrogens with zero attached hydrogens (tertiary/aromatic N) is 5. The van der Waals surface area contributed by atoms with Crippen LogP contribution in [0.4, 0.5) is 17.1 Å². The number of carbonyl (C=O) groups is 2. The molecule has 5 aromatic rings. The molecule has 9 nitrogen and oxygen atoms in total. The average Bonchev–Trinajstić information content (AvgIpc) is 3.88. The van der Waals surface area contributed by atoms with Crippen LogP contribution in [0.3, 0.4) is 0 Å². The summed E-state index contributed by atoms with van der Waals surface area (Å²) >= 11 is 14.8. The summed E-state index contributed by atoms with van der Waals surface area (Å²) in [5, 5.41) is 33.5. The summed E-state index contributed by atoms with van der Waals surface area (Å²) in [6, 6.07) is 44.7. The van der Waals surface area contributed by atoms with Crippen LogP contribution in [-0.4, -0.2) is 17.5 Å². The van der Waals surface area contributed by atoms with Gasteiger partial charge < -0.3 is 15.1 Å². The third kappa shape index (κ3) is 8.53. The van der Waals surface area contributed by atoms with Crippen molar-refractivity contribution in [1.82, 2.24) is 5.43 Å². The number of para-hydroxylation sites is 2. The van der Waals surface area contributed by atoms with Gasteiger partial charge in [-0.25, -0.2) is 5.43 Å². The summed E-state index contributed by atoms with van der Waals surface area (Å²) in [6.07, 6.45) is 0. The highest BCUT2D eigenvalue weighted by Crippen LogP contribution is 2.46. The Kier molecular flexibility index (Phi) is 11.9. The molecule has 2 aliphatic rings. The number of nitrogens with one attached hydrogen (secondary N) is 2. The van der Waals surface area contributed by atoms with Gasteiger partial charge in [0.25, 0.3) is 11.8 Å². The van der Waals surface area contributed by atoms with Crippen LogP contribution in [0, 0.1) is 22.7 Å². The fraction of sp³-hybridized carbons (Fsp3) is 0.0227. The highest BCUT2D eigenvalue weighted by molar-refractivity contribution is 8.06. The summed E-state index contributed by atoms with van der Waals surface area (Å²) in [5.41, 5.74) is 8.84. The number of hydrogen-bond donors (Lipinski definition) is 2. The average molecular weight is 823 g/mol. The van der Waals surface area contributed by atoms with Crippen molar-refractivity contribution >= 4 is 92.7 Å². The monoisotopic (exact) mass is 821 g/mol. The van der Waals surface area contributed by atoms with Gasteiger partial charge in [0.05, 0.1) is 17.1 Å². The summed E-state index contributed by atoms with van der Waals surface area (Å²) in [6.45, 7) is 1.72. The first-order valence-electron chi connectivity index (χ1n) is 17.3. The Hall–Kier alpha value is -6.47. The summed E-state index contributed by atoms with van der Waals surface area (Å²) in [7, 11) is 0. The number of nitriles is 2. The molecule has 7 rings (SSSR count). The topological polar surface area (TPSA) is 125 Å². The molecule has 0 saturated carbocycles. The van der Waals surface area contributed by atoms with Gasteiger partial charge in [0.15, 0.2) is 0 Å². The lowest BCUT2D eigenvalue weighted by atomic mass is 10.1. The maximum atomic E-state index is 13.6. The minimum atomic E-state index is -0.671. The van der Waals surface area contributed by atoms with Crippen LogP contribution in [0.2, 0.25) is 10.0 Å². The number of halogens is 2. The molecule has 0 spiro atoms. The summed E-state index contributed by atoms with van der Waals surface area (Å²) in [5.74, 6) is -1.24. The molecule has 0 bridgehead atoms. The molecule has 0 aliphatic carbocycles. The molecule has 0 radical (unpaired) electrons. The molecule has 0 aromatic heterocycles. The van der Waals surface area contributed by atoms with Crippen molar-refractivity contribution in [2.45, 2.75) is 6.92 Å². The van der Waals surface area contributed by atoms with E-state index in [0.717, 1.165) is 33.9 Å². The van der Waals surface area contributed by atoms with Crippen molar-refractivity contribution in [2.75, 3.05) is 15.1 Å². The second kappa shape index (κ2) is 17.5. The molecule has 0 fully saturated rings. The zero-order chi connectivity index (χ0) is 39.9. The van der Waals surface area contributed by atoms with Gasteiger partial charge in [0.1, 0.15) is 33.3 Å². The summed E-state index contributed by atoms with van der Waals surface area (Å²) in [4.78, 5) is 30.9. The van der Waals surface area contributed by atoms with E-state index >= 15 is 0 Å². The molecule has 2 amide bonds. The smallest absolute Gasteiger partial charge is 0.284 e. The Balaban J connectivity index is 1.07. The van der Waals surface area contributed by atoms with Crippen molar-refractivity contribution < 1.29 is 9.59 Å². The van der Waals surface area contributed by atoms with Gasteiger partial charge >= 0.3 is 0 Å². The van der Waals surface area contributed by atoms with E-state index in [4.69, 9.17) is 23.2 Å². The molecule has 13 heteroatoms. The second-order valence-electron chi connectivity index (χ2n) is 12.4. The maximum Gasteiger partial charge on any atom is 0.284 e. The quantitative estimate of drug-likeness (QED) is 0.0652. The number of hydrogen-bond acceptors (Lipinski definition) is 9. The molecule has 2 N–H and O–H groups in total. The lowest BCUT2D eigenvalue weighted by molar-refractivity contribution is -0.117. The van der Waals surface area contributed by atoms with Crippen LogP contribution in [0.15, 0.2) is 171 Å². The van der Waals surface area contributed by atoms with E-state index in [2.05, 4.69) is 28.0 Å². The highest BCUT2D eigenvalue weighted by Gasteiger charge is 2.31. The second-order valence-corrected chi connectivity index (χ2v) is 14.9. The first-order valence-corrected chi connectivity index (χ1v) is 19.8. The predicted octanol–water partition coefficient (Wildman–Crippen LogP) is 10.7. The van der Waals surface area contributed by atoms with Crippen LogP contribution < -0.4 is 20.5 Å². The normalized spacial score (nSPS) is 15.6. The van der Waals surface area contributed by atoms with Gasteiger partial charge in [0, 0.05) is 37.9 Å². The first-order chi connectivity index (χ1) is 27.7. The molecule has 0 atom stereocenters. The van der Waals surface area contributed by atoms with Gasteiger partial charge in [-0.3, -0.25) is 9.59 Å². The van der Waals surface area contributed by atoms with Crippen LogP contribution in [0.5, 0.6) is 0 Å². The number of rotatable bonds is 9. The predicted molar refractivity (Wildman–Crippen MR) is 233 cm³/mol. The van der Waals surface area contributed by atoms with Gasteiger partial charge in [-0.2, -0.15) is 15.6 Å². The number of carbonyl (C=O) groups excluding carboxylic acids is 2. The van der Waals surface area contributed by atoms with E-state index in [-0.39, 0.29) is 11.1 Å². The summed E-state index contributed by atoms with van der Waals surface area (Å²) < 4.78 is 0. The maximum absolute atomic E-state index is 13.6. The third-order valence-electron chi connectivity index (χ3n) is 8.75. The van der Waals surface area contributed by atoms with E-state index in [1.807, 2.05) is 106 Å². The molecular weight excluding hydrogens is 794 g/mol. The standard InChI is InChI=1S/C44H29Cl2N7O2S2/c1-28(50-51-42(55)38(25-48)44-53(36-10-6-3-7-11-36)40(27-57-44)31-14-20-33(46)21-15-31)29-16-22-34(23-17-29)49-41(54)37(24-47)43-52(35-8-4-2-5-9-35)39(26-56-43)30-12-18-32(45)19-13-30/h2-23,26-27H,1H3,(H,49,54)(H,51,55)/b43-37-,44-38-,50-28+. The zero-order valence-corrected chi connectivity index (χ0v) is 33.1. The number of anilines is 3. The molecule has 0 saturated heterocycles. The van der Waals surface area contributed by atoms with Crippen LogP contribution in [0.1, 0.15) is 23.6 Å². The van der Waals surface area contributed by atoms with Crippen molar-refractivity contribution in [3.8, 4) is 12.1 Å². The van der Waals surface area contributed by atoms with Crippen LogP contribution in [-0.2, 0) is 9.59 Å². The number of benzene rings is 5. The molecular formula is C44H29Cl2N7O2S2. The SMILES string of the molecule is C/C(=N\NC(=O)/C(C#N)=C1\SC=C(c2ccc(Cl)cc2)N1c1ccccc1)c1ccc(NC(=O)/C(C#N)=C2\SC=C(c3ccc(Cl)cc3)N2c2ccccc2)cc1. The van der Waals surface area contributed by atoms with Gasteiger partial charge in [-0.15, -0.1) is 0 Å². The van der Waals surface area contributed by atoms with Gasteiger partial charge in [0.2, 0.25) is 0 Å². The largest absolute Gasteiger partial charge is 0.321 e. The number of amides is 2. The van der Waals surface area contributed by atoms with Crippen LogP contribution >= 0.6 is 46.7 Å². The van der Waals surface area contributed by atoms with Crippen LogP contribution in [0.25, 0.3) is 11.4 Å². The van der Waals surface area contributed by atoms with Crippen molar-refractivity contribution in [1.29, 1.82) is 10.5 Å². The zero-order valence-electron chi connectivity index (χ0n) is 30.0. The Labute approximate surface area is 347 Å². The fourth-order valence-electron chi connectivity index (χ4n) is 5.93. The highest BCUT2D eigenvalue weighted by atomic mass is 35.5. The Morgan fingerprint density at radius 3 is 1.49 bits per heavy atom. The van der Waals surface area contributed by atoms with Gasteiger partial charge in [-0.1, -0.05) is 120 Å². The van der Waals surface area contributed by atoms with Crippen molar-refractivity contribution in [3.05, 3.63) is 192 Å². The lowest BCUT2D eigenvalue weighted by Crippen LogP contribution is -2.25. The molecule has 2 aliphatic heterocycles. The Bertz CT molecular complexity index is 2590. The van der Waals surface area contributed by atoms with E-state index in [1.54, 1.807) is 55.5 Å². The molecule has 5 aromatic carbocycles. The third-order valence-corrected chi connectivity index (χ3v) is 11.2. The molecule has 57 heavy (non-hydrogen) atoms. The lowest BCUT2D eigenvalue weighted by Gasteiger charge is -2.24. The van der Waals surface area contributed by atoms with E-state index in [1.165, 1.54) is 23.5 Å². The molecule has 0 unspecified atom stereocenters. The first kappa shape index (κ1) is 38.8. The van der Waals surface area contributed by atoms with E-state index in [9.17, 15) is 20.1 Å². The number of hydrazone groups is 1. The van der Waals surface area contributed by atoms with Crippen molar-refractivity contribution in [3.63, 3.8) is 0 Å². The minimum absolute atomic E-state index is 0.0576. The molecule has 2 heterocycles. The van der Waals surface area contributed by atoms with Crippen molar-refractivity contribution in [2.24, 2.45) is 5.10 Å². The Morgan fingerprint density at radius 2 is 1.05 bits per heavy atom. The van der Waals surface area contributed by atoms with Gasteiger partial charge in [-0.05, 0) is 84.3 Å². The fourth-order valence-corrected chi connectivity index (χ4v) is 8.24. The van der Waals surface area contributed by atoms with E-state index < -0.39 is 11.8 Å². The van der Waals surface area contributed by atoms with E-state index in [0.29, 0.717) is 37.1 Å². The Morgan fingerprint density at radius 1 is 0.614 bits per heavy atom. The number of thioether (sulfide) groups is 2.